The molecule has 0 aromatic rings. The third-order valence-electron chi connectivity index (χ3n) is 1.92. The summed E-state index contributed by atoms with van der Waals surface area (Å²) in [5, 5.41) is 18.1. The van der Waals surface area contributed by atoms with Crippen molar-refractivity contribution < 1.29 is 14.9 Å². The molecule has 3 nitrogen and oxygen atoms in total. The molecule has 1 aliphatic heterocycles. The van der Waals surface area contributed by atoms with Crippen molar-refractivity contribution in [3.63, 3.8) is 0 Å². The third kappa shape index (κ3) is 1.48. The van der Waals surface area contributed by atoms with E-state index >= 15 is 0 Å². The fourth-order valence-electron chi connectivity index (χ4n) is 1.24. The van der Waals surface area contributed by atoms with Crippen LogP contribution < -0.4 is 0 Å². The summed E-state index contributed by atoms with van der Waals surface area (Å²) in [5.74, 6) is -1.03. The summed E-state index contributed by atoms with van der Waals surface area (Å²) in [6, 6.07) is 0. The zero-order chi connectivity index (χ0) is 7.83. The molecule has 2 unspecified atom stereocenters. The van der Waals surface area contributed by atoms with Crippen molar-refractivity contribution in [1.29, 1.82) is 0 Å². The molecule has 0 radical (unpaired) electrons. The van der Waals surface area contributed by atoms with E-state index in [1.807, 2.05) is 0 Å². The predicted molar refractivity (Wildman–Crippen MR) is 36.4 cm³/mol. The SMILES string of the molecule is CC1(O)CCC(C)(CO)O1. The van der Waals surface area contributed by atoms with E-state index < -0.39 is 11.4 Å². The molecular weight excluding hydrogens is 132 g/mol. The van der Waals surface area contributed by atoms with Gasteiger partial charge in [0.05, 0.1) is 12.2 Å². The van der Waals surface area contributed by atoms with Crippen LogP contribution >= 0.6 is 0 Å². The Balaban J connectivity index is 2.57. The predicted octanol–water partition coefficient (Wildman–Crippen LogP) is 0.256. The minimum absolute atomic E-state index is 0.0247. The highest BCUT2D eigenvalue weighted by Crippen LogP contribution is 2.34. The first kappa shape index (κ1) is 7.98. The van der Waals surface area contributed by atoms with Gasteiger partial charge in [0.25, 0.3) is 0 Å². The molecule has 0 amide bonds. The Bertz CT molecular complexity index is 133. The lowest BCUT2D eigenvalue weighted by Gasteiger charge is -2.24. The Hall–Kier alpha value is -0.120. The molecule has 1 aliphatic rings. The number of hydrogen-bond acceptors (Lipinski definition) is 3. The summed E-state index contributed by atoms with van der Waals surface area (Å²) in [5.41, 5.74) is -0.524. The monoisotopic (exact) mass is 146 g/mol. The van der Waals surface area contributed by atoms with Crippen molar-refractivity contribution >= 4 is 0 Å². The summed E-state index contributed by atoms with van der Waals surface area (Å²) in [6.45, 7) is 3.39. The van der Waals surface area contributed by atoms with Crippen LogP contribution in [0, 0.1) is 0 Å². The molecule has 1 fully saturated rings. The Kier molecular flexibility index (Phi) is 1.75. The molecule has 0 aromatic heterocycles. The highest BCUT2D eigenvalue weighted by molar-refractivity contribution is 4.85. The standard InChI is InChI=1S/C7H14O3/c1-6(5-8)3-4-7(2,9)10-6/h8-9H,3-5H2,1-2H3. The quantitative estimate of drug-likeness (QED) is 0.557. The Morgan fingerprint density at radius 2 is 2.00 bits per heavy atom. The van der Waals surface area contributed by atoms with Crippen LogP contribution in [0.2, 0.25) is 0 Å². The molecule has 0 spiro atoms. The third-order valence-corrected chi connectivity index (χ3v) is 1.92. The van der Waals surface area contributed by atoms with Crippen molar-refractivity contribution in [3.05, 3.63) is 0 Å². The maximum absolute atomic E-state index is 9.33. The number of aliphatic hydroxyl groups excluding tert-OH is 1. The van der Waals surface area contributed by atoms with Crippen LogP contribution in [-0.4, -0.2) is 28.2 Å². The first-order valence-electron chi connectivity index (χ1n) is 3.51. The van der Waals surface area contributed by atoms with Gasteiger partial charge in [-0.1, -0.05) is 0 Å². The van der Waals surface area contributed by atoms with Crippen LogP contribution in [0.3, 0.4) is 0 Å². The molecule has 0 aliphatic carbocycles. The van der Waals surface area contributed by atoms with Gasteiger partial charge in [-0.3, -0.25) is 0 Å². The minimum Gasteiger partial charge on any atom is -0.393 e. The second-order valence-electron chi connectivity index (χ2n) is 3.39. The lowest BCUT2D eigenvalue weighted by molar-refractivity contribution is -0.214. The van der Waals surface area contributed by atoms with Gasteiger partial charge in [0.2, 0.25) is 0 Å². The molecule has 1 saturated heterocycles. The molecule has 0 saturated carbocycles. The van der Waals surface area contributed by atoms with Gasteiger partial charge >= 0.3 is 0 Å². The van der Waals surface area contributed by atoms with Gasteiger partial charge in [-0.15, -0.1) is 0 Å². The molecule has 10 heavy (non-hydrogen) atoms. The lowest BCUT2D eigenvalue weighted by atomic mass is 10.0. The zero-order valence-corrected chi connectivity index (χ0v) is 6.42. The highest BCUT2D eigenvalue weighted by Gasteiger charge is 2.41. The van der Waals surface area contributed by atoms with Crippen LogP contribution in [0.15, 0.2) is 0 Å². The first-order chi connectivity index (χ1) is 4.47. The van der Waals surface area contributed by atoms with Crippen LogP contribution in [0.1, 0.15) is 26.7 Å². The summed E-state index contributed by atoms with van der Waals surface area (Å²) in [6.07, 6.45) is 1.32. The fraction of sp³-hybridized carbons (Fsp3) is 1.00. The van der Waals surface area contributed by atoms with Gasteiger partial charge in [0.1, 0.15) is 0 Å². The Labute approximate surface area is 60.6 Å². The number of rotatable bonds is 1. The van der Waals surface area contributed by atoms with Crippen molar-refractivity contribution in [3.8, 4) is 0 Å². The van der Waals surface area contributed by atoms with Gasteiger partial charge in [-0.05, 0) is 20.3 Å². The summed E-state index contributed by atoms with van der Waals surface area (Å²) < 4.78 is 5.19. The van der Waals surface area contributed by atoms with Crippen LogP contribution in [-0.2, 0) is 4.74 Å². The molecule has 0 aromatic carbocycles. The topological polar surface area (TPSA) is 49.7 Å². The van der Waals surface area contributed by atoms with Crippen molar-refractivity contribution in [1.82, 2.24) is 0 Å². The second-order valence-corrected chi connectivity index (χ2v) is 3.39. The molecular formula is C7H14O3. The van der Waals surface area contributed by atoms with E-state index in [1.54, 1.807) is 13.8 Å². The summed E-state index contributed by atoms with van der Waals surface area (Å²) in [7, 11) is 0. The number of aliphatic hydroxyl groups is 2. The highest BCUT2D eigenvalue weighted by atomic mass is 16.6. The smallest absolute Gasteiger partial charge is 0.163 e. The van der Waals surface area contributed by atoms with Gasteiger partial charge in [-0.2, -0.15) is 0 Å². The summed E-state index contributed by atoms with van der Waals surface area (Å²) >= 11 is 0. The lowest BCUT2D eigenvalue weighted by Crippen LogP contribution is -2.33. The Morgan fingerprint density at radius 1 is 1.40 bits per heavy atom. The minimum atomic E-state index is -1.03. The zero-order valence-electron chi connectivity index (χ0n) is 6.42. The van der Waals surface area contributed by atoms with Crippen LogP contribution in [0.4, 0.5) is 0 Å². The molecule has 2 N–H and O–H groups in total. The van der Waals surface area contributed by atoms with Crippen molar-refractivity contribution in [2.75, 3.05) is 6.61 Å². The molecule has 60 valence electrons. The maximum Gasteiger partial charge on any atom is 0.163 e. The first-order valence-corrected chi connectivity index (χ1v) is 3.51. The fourth-order valence-corrected chi connectivity index (χ4v) is 1.24. The maximum atomic E-state index is 9.33. The summed E-state index contributed by atoms with van der Waals surface area (Å²) in [4.78, 5) is 0. The van der Waals surface area contributed by atoms with Gasteiger partial charge < -0.3 is 14.9 Å². The van der Waals surface area contributed by atoms with E-state index in [-0.39, 0.29) is 6.61 Å². The molecule has 1 heterocycles. The van der Waals surface area contributed by atoms with E-state index in [0.717, 1.165) is 6.42 Å². The number of ether oxygens (including phenoxy) is 1. The average Bonchev–Trinajstić information content (AvgIpc) is 2.08. The van der Waals surface area contributed by atoms with E-state index in [4.69, 9.17) is 9.84 Å². The molecule has 1 rings (SSSR count). The number of hydrogen-bond donors (Lipinski definition) is 2. The Morgan fingerprint density at radius 3 is 2.20 bits per heavy atom. The normalized spacial score (nSPS) is 48.0. The van der Waals surface area contributed by atoms with E-state index in [0.29, 0.717) is 6.42 Å². The largest absolute Gasteiger partial charge is 0.393 e. The van der Waals surface area contributed by atoms with E-state index in [9.17, 15) is 5.11 Å². The molecule has 3 heteroatoms. The van der Waals surface area contributed by atoms with Crippen LogP contribution in [0.5, 0.6) is 0 Å². The van der Waals surface area contributed by atoms with Gasteiger partial charge in [0.15, 0.2) is 5.79 Å². The van der Waals surface area contributed by atoms with Gasteiger partial charge in [-0.25, -0.2) is 0 Å². The van der Waals surface area contributed by atoms with E-state index in [1.165, 1.54) is 0 Å². The average molecular weight is 146 g/mol. The van der Waals surface area contributed by atoms with Crippen LogP contribution in [0.25, 0.3) is 0 Å². The van der Waals surface area contributed by atoms with Crippen molar-refractivity contribution in [2.24, 2.45) is 0 Å². The van der Waals surface area contributed by atoms with Gasteiger partial charge in [0, 0.05) is 6.42 Å². The van der Waals surface area contributed by atoms with Crippen molar-refractivity contribution in [2.45, 2.75) is 38.1 Å². The second kappa shape index (κ2) is 2.19. The van der Waals surface area contributed by atoms with E-state index in [2.05, 4.69) is 0 Å². The molecule has 2 atom stereocenters. The molecule has 0 bridgehead atoms.